The highest BCUT2D eigenvalue weighted by atomic mass is 32.1. The predicted molar refractivity (Wildman–Crippen MR) is 111 cm³/mol. The van der Waals surface area contributed by atoms with Crippen molar-refractivity contribution in [3.05, 3.63) is 69.0 Å². The van der Waals surface area contributed by atoms with Gasteiger partial charge in [0.2, 0.25) is 0 Å². The predicted octanol–water partition coefficient (Wildman–Crippen LogP) is 4.21. The quantitative estimate of drug-likeness (QED) is 0.691. The molecule has 2 heterocycles. The smallest absolute Gasteiger partial charge is 0.261 e. The van der Waals surface area contributed by atoms with Gasteiger partial charge in [-0.15, -0.1) is 0 Å². The number of hydrogen-bond acceptors (Lipinski definition) is 4. The number of aromatic amines is 1. The molecular weight excluding hydrogens is 356 g/mol. The molecule has 1 N–H and O–H groups in total. The van der Waals surface area contributed by atoms with Crippen molar-refractivity contribution in [2.24, 2.45) is 0 Å². The summed E-state index contributed by atoms with van der Waals surface area (Å²) in [7, 11) is 3.90. The van der Waals surface area contributed by atoms with E-state index in [-0.39, 0.29) is 5.56 Å². The largest absolute Gasteiger partial charge is 0.377 e. The van der Waals surface area contributed by atoms with Crippen LogP contribution in [0.1, 0.15) is 29.9 Å². The summed E-state index contributed by atoms with van der Waals surface area (Å²) >= 11 is 5.48. The minimum absolute atomic E-state index is 0.0814. The molecule has 0 bridgehead atoms. The Morgan fingerprint density at radius 2 is 1.89 bits per heavy atom. The SMILES string of the molecule is Cc1c(-c2c(N(C)C)cc[nH]c2=S)ncn(-c2ccc(C3CC3)cc2)c1=O. The second-order valence-corrected chi connectivity index (χ2v) is 7.63. The van der Waals surface area contributed by atoms with Crippen LogP contribution in [0.15, 0.2) is 47.7 Å². The summed E-state index contributed by atoms with van der Waals surface area (Å²) in [4.78, 5) is 22.7. The van der Waals surface area contributed by atoms with Crippen LogP contribution < -0.4 is 10.5 Å². The van der Waals surface area contributed by atoms with Gasteiger partial charge in [0.25, 0.3) is 5.56 Å². The molecule has 4 rings (SSSR count). The van der Waals surface area contributed by atoms with Crippen molar-refractivity contribution in [1.29, 1.82) is 0 Å². The molecule has 0 atom stereocenters. The third kappa shape index (κ3) is 3.21. The van der Waals surface area contributed by atoms with E-state index < -0.39 is 0 Å². The van der Waals surface area contributed by atoms with Gasteiger partial charge in [0.1, 0.15) is 11.0 Å². The number of rotatable bonds is 4. The summed E-state index contributed by atoms with van der Waals surface area (Å²) in [5.41, 5.74) is 5.01. The van der Waals surface area contributed by atoms with E-state index in [1.165, 1.54) is 18.4 Å². The van der Waals surface area contributed by atoms with Gasteiger partial charge in [-0.2, -0.15) is 0 Å². The minimum Gasteiger partial charge on any atom is -0.377 e. The van der Waals surface area contributed by atoms with E-state index >= 15 is 0 Å². The Kier molecular flexibility index (Phi) is 4.44. The average molecular weight is 379 g/mol. The van der Waals surface area contributed by atoms with Crippen molar-refractivity contribution in [2.75, 3.05) is 19.0 Å². The molecule has 0 radical (unpaired) electrons. The van der Waals surface area contributed by atoms with Crippen LogP contribution in [0.5, 0.6) is 0 Å². The first-order valence-corrected chi connectivity index (χ1v) is 9.46. The van der Waals surface area contributed by atoms with Crippen LogP contribution in [-0.4, -0.2) is 28.6 Å². The van der Waals surface area contributed by atoms with Gasteiger partial charge in [-0.05, 0) is 49.4 Å². The summed E-state index contributed by atoms with van der Waals surface area (Å²) in [6, 6.07) is 10.2. The molecule has 1 fully saturated rings. The fourth-order valence-electron chi connectivity index (χ4n) is 3.38. The molecule has 1 saturated carbocycles. The van der Waals surface area contributed by atoms with Gasteiger partial charge in [0.15, 0.2) is 0 Å². The van der Waals surface area contributed by atoms with Gasteiger partial charge in [0.05, 0.1) is 22.6 Å². The van der Waals surface area contributed by atoms with Crippen molar-refractivity contribution in [3.8, 4) is 16.9 Å². The zero-order chi connectivity index (χ0) is 19.1. The number of aromatic nitrogens is 3. The number of benzene rings is 1. The zero-order valence-electron chi connectivity index (χ0n) is 15.7. The molecule has 5 nitrogen and oxygen atoms in total. The highest BCUT2D eigenvalue weighted by Crippen LogP contribution is 2.40. The third-order valence-corrected chi connectivity index (χ3v) is 5.40. The Bertz CT molecular complexity index is 1110. The molecule has 138 valence electrons. The average Bonchev–Trinajstić information content (AvgIpc) is 3.49. The van der Waals surface area contributed by atoms with Gasteiger partial charge in [0, 0.05) is 25.9 Å². The maximum atomic E-state index is 13.1. The molecule has 3 aromatic rings. The monoisotopic (exact) mass is 378 g/mol. The highest BCUT2D eigenvalue weighted by molar-refractivity contribution is 7.71. The van der Waals surface area contributed by atoms with Crippen LogP contribution in [-0.2, 0) is 0 Å². The fraction of sp³-hybridized carbons (Fsp3) is 0.286. The van der Waals surface area contributed by atoms with Gasteiger partial charge >= 0.3 is 0 Å². The first kappa shape index (κ1) is 17.7. The number of anilines is 1. The Morgan fingerprint density at radius 1 is 1.19 bits per heavy atom. The topological polar surface area (TPSA) is 53.9 Å². The normalized spacial score (nSPS) is 13.6. The Hall–Kier alpha value is -2.73. The summed E-state index contributed by atoms with van der Waals surface area (Å²) < 4.78 is 2.17. The van der Waals surface area contributed by atoms with E-state index in [0.29, 0.717) is 21.8 Å². The molecule has 0 unspecified atom stereocenters. The fourth-order valence-corrected chi connectivity index (χ4v) is 3.65. The number of pyridine rings is 1. The lowest BCUT2D eigenvalue weighted by Gasteiger charge is -2.18. The molecule has 0 amide bonds. The van der Waals surface area contributed by atoms with Crippen LogP contribution in [0.25, 0.3) is 16.9 Å². The number of H-pyrrole nitrogens is 1. The lowest BCUT2D eigenvalue weighted by molar-refractivity contribution is 0.916. The van der Waals surface area contributed by atoms with Crippen LogP contribution >= 0.6 is 12.2 Å². The molecule has 1 aromatic carbocycles. The number of hydrogen-bond donors (Lipinski definition) is 1. The summed E-state index contributed by atoms with van der Waals surface area (Å²) in [6.45, 7) is 1.81. The van der Waals surface area contributed by atoms with Crippen molar-refractivity contribution in [2.45, 2.75) is 25.7 Å². The molecule has 27 heavy (non-hydrogen) atoms. The molecule has 1 aliphatic rings. The van der Waals surface area contributed by atoms with Gasteiger partial charge in [-0.1, -0.05) is 24.4 Å². The lowest BCUT2D eigenvalue weighted by Crippen LogP contribution is -2.22. The van der Waals surface area contributed by atoms with Crippen LogP contribution in [0.4, 0.5) is 5.69 Å². The number of nitrogens with zero attached hydrogens (tertiary/aromatic N) is 3. The van der Waals surface area contributed by atoms with E-state index in [9.17, 15) is 4.79 Å². The lowest BCUT2D eigenvalue weighted by atomic mass is 10.1. The summed E-state index contributed by atoms with van der Waals surface area (Å²) in [6.07, 6.45) is 5.93. The van der Waals surface area contributed by atoms with E-state index in [2.05, 4.69) is 22.1 Å². The van der Waals surface area contributed by atoms with Crippen LogP contribution in [0.3, 0.4) is 0 Å². The maximum Gasteiger partial charge on any atom is 0.261 e. The summed E-state index contributed by atoms with van der Waals surface area (Å²) in [5, 5.41) is 0. The van der Waals surface area contributed by atoms with E-state index in [0.717, 1.165) is 16.9 Å². The third-order valence-electron chi connectivity index (χ3n) is 5.07. The first-order valence-electron chi connectivity index (χ1n) is 9.05. The molecule has 2 aromatic heterocycles. The standard InChI is InChI=1S/C21H22N4OS/c1-13-19(18-17(24(2)3)10-11-22-20(18)27)23-12-25(21(13)26)16-8-6-15(7-9-16)14-4-5-14/h6-12,14H,4-5H2,1-3H3,(H,22,27). The second kappa shape index (κ2) is 6.78. The summed E-state index contributed by atoms with van der Waals surface area (Å²) in [5.74, 6) is 0.697. The Morgan fingerprint density at radius 3 is 2.52 bits per heavy atom. The van der Waals surface area contributed by atoms with Crippen LogP contribution in [0.2, 0.25) is 0 Å². The van der Waals surface area contributed by atoms with Crippen molar-refractivity contribution < 1.29 is 0 Å². The molecule has 1 aliphatic carbocycles. The van der Waals surface area contributed by atoms with E-state index in [1.807, 2.05) is 37.2 Å². The van der Waals surface area contributed by atoms with Crippen molar-refractivity contribution in [3.63, 3.8) is 0 Å². The molecule has 0 aliphatic heterocycles. The molecule has 6 heteroatoms. The van der Waals surface area contributed by atoms with Gasteiger partial charge < -0.3 is 9.88 Å². The Balaban J connectivity index is 1.82. The first-order chi connectivity index (χ1) is 13.0. The van der Waals surface area contributed by atoms with Gasteiger partial charge in [-0.3, -0.25) is 9.36 Å². The van der Waals surface area contributed by atoms with Crippen LogP contribution in [0, 0.1) is 11.6 Å². The van der Waals surface area contributed by atoms with Crippen molar-refractivity contribution in [1.82, 2.24) is 14.5 Å². The Labute approximate surface area is 163 Å². The minimum atomic E-state index is -0.0814. The second-order valence-electron chi connectivity index (χ2n) is 7.22. The van der Waals surface area contributed by atoms with E-state index in [1.54, 1.807) is 24.0 Å². The molecular formula is C21H22N4OS. The highest BCUT2D eigenvalue weighted by Gasteiger charge is 2.23. The number of nitrogens with one attached hydrogen (secondary N) is 1. The molecule has 0 saturated heterocycles. The molecule has 0 spiro atoms. The maximum absolute atomic E-state index is 13.1. The van der Waals surface area contributed by atoms with Gasteiger partial charge in [-0.25, -0.2) is 4.98 Å². The van der Waals surface area contributed by atoms with E-state index in [4.69, 9.17) is 12.2 Å². The van der Waals surface area contributed by atoms with Crippen molar-refractivity contribution >= 4 is 17.9 Å². The zero-order valence-corrected chi connectivity index (χ0v) is 16.5.